The van der Waals surface area contributed by atoms with E-state index in [9.17, 15) is 0 Å². The first-order valence-corrected chi connectivity index (χ1v) is 7.09. The topological polar surface area (TPSA) is 38.0 Å². The van der Waals surface area contributed by atoms with Crippen molar-refractivity contribution in [3.63, 3.8) is 0 Å². The van der Waals surface area contributed by atoms with Crippen LogP contribution in [0.15, 0.2) is 46.7 Å². The fourth-order valence-electron chi connectivity index (χ4n) is 1.69. The van der Waals surface area contributed by atoms with Gasteiger partial charge in [-0.05, 0) is 29.3 Å². The molecule has 0 bridgehead atoms. The maximum atomic E-state index is 5.67. The molecule has 1 atom stereocenters. The molecule has 0 saturated carbocycles. The van der Waals surface area contributed by atoms with Crippen LogP contribution >= 0.6 is 23.1 Å². The second-order valence-corrected chi connectivity index (χ2v) is 5.18. The molecule has 1 aromatic heterocycles. The Morgan fingerprint density at radius 3 is 2.69 bits per heavy atom. The van der Waals surface area contributed by atoms with Crippen LogP contribution in [0.4, 0.5) is 0 Å². The normalized spacial score (nSPS) is 12.6. The highest BCUT2D eigenvalue weighted by Crippen LogP contribution is 2.31. The van der Waals surface area contributed by atoms with Crippen LogP contribution in [-0.2, 0) is 0 Å². The van der Waals surface area contributed by atoms with Crippen LogP contribution in [-0.4, -0.2) is 6.26 Å². The molecule has 0 fully saturated rings. The van der Waals surface area contributed by atoms with E-state index in [1.54, 1.807) is 23.1 Å². The van der Waals surface area contributed by atoms with Gasteiger partial charge in [0, 0.05) is 9.77 Å². The summed E-state index contributed by atoms with van der Waals surface area (Å²) in [6, 6.07) is 12.6. The second kappa shape index (κ2) is 5.50. The van der Waals surface area contributed by atoms with Gasteiger partial charge in [-0.2, -0.15) is 0 Å². The van der Waals surface area contributed by atoms with Crippen molar-refractivity contribution in [2.45, 2.75) is 10.9 Å². The Labute approximate surface area is 104 Å². The third-order valence-corrected chi connectivity index (χ3v) is 4.19. The maximum Gasteiger partial charge on any atom is 0.0813 e. The standard InChI is InChI=1S/C12H14N2S2/c1-15-10-6-3-2-5-9(10)12(14-13)11-7-4-8-16-11/h2-8,12,14H,13H2,1H3. The Kier molecular flexibility index (Phi) is 4.01. The molecule has 0 amide bonds. The van der Waals surface area contributed by atoms with Gasteiger partial charge in [0.15, 0.2) is 0 Å². The van der Waals surface area contributed by atoms with Crippen LogP contribution in [0.25, 0.3) is 0 Å². The van der Waals surface area contributed by atoms with Crippen molar-refractivity contribution in [2.24, 2.45) is 5.84 Å². The van der Waals surface area contributed by atoms with Gasteiger partial charge in [-0.25, -0.2) is 5.43 Å². The predicted octanol–water partition coefficient (Wildman–Crippen LogP) is 3.02. The van der Waals surface area contributed by atoms with Crippen LogP contribution in [0.1, 0.15) is 16.5 Å². The molecule has 0 radical (unpaired) electrons. The Morgan fingerprint density at radius 1 is 1.25 bits per heavy atom. The van der Waals surface area contributed by atoms with E-state index < -0.39 is 0 Å². The molecular formula is C12H14N2S2. The first-order chi connectivity index (χ1) is 7.86. The zero-order valence-corrected chi connectivity index (χ0v) is 10.6. The van der Waals surface area contributed by atoms with Crippen molar-refractivity contribution in [2.75, 3.05) is 6.26 Å². The smallest absolute Gasteiger partial charge is 0.0813 e. The summed E-state index contributed by atoms with van der Waals surface area (Å²) in [7, 11) is 0. The maximum absolute atomic E-state index is 5.67. The van der Waals surface area contributed by atoms with E-state index >= 15 is 0 Å². The van der Waals surface area contributed by atoms with Gasteiger partial charge in [0.25, 0.3) is 0 Å². The zero-order valence-electron chi connectivity index (χ0n) is 9.01. The molecule has 1 aromatic carbocycles. The number of benzene rings is 1. The van der Waals surface area contributed by atoms with Crippen molar-refractivity contribution in [1.82, 2.24) is 5.43 Å². The van der Waals surface area contributed by atoms with E-state index in [0.717, 1.165) is 0 Å². The largest absolute Gasteiger partial charge is 0.271 e. The highest BCUT2D eigenvalue weighted by atomic mass is 32.2. The number of hydrogen-bond donors (Lipinski definition) is 2. The Balaban J connectivity index is 2.41. The molecule has 0 aliphatic rings. The van der Waals surface area contributed by atoms with Crippen LogP contribution in [0.5, 0.6) is 0 Å². The minimum atomic E-state index is 0.0867. The molecular weight excluding hydrogens is 236 g/mol. The van der Waals surface area contributed by atoms with E-state index in [4.69, 9.17) is 5.84 Å². The summed E-state index contributed by atoms with van der Waals surface area (Å²) in [5.41, 5.74) is 4.13. The lowest BCUT2D eigenvalue weighted by atomic mass is 10.1. The summed E-state index contributed by atoms with van der Waals surface area (Å²) in [5, 5.41) is 2.07. The molecule has 84 valence electrons. The molecule has 4 heteroatoms. The minimum absolute atomic E-state index is 0.0867. The Hall–Kier alpha value is -0.810. The summed E-state index contributed by atoms with van der Waals surface area (Å²) in [4.78, 5) is 2.50. The van der Waals surface area contributed by atoms with E-state index in [-0.39, 0.29) is 6.04 Å². The molecule has 0 aliphatic heterocycles. The van der Waals surface area contributed by atoms with Crippen molar-refractivity contribution in [1.29, 1.82) is 0 Å². The highest BCUT2D eigenvalue weighted by Gasteiger charge is 2.15. The molecule has 0 saturated heterocycles. The average molecular weight is 250 g/mol. The van der Waals surface area contributed by atoms with Crippen molar-refractivity contribution < 1.29 is 0 Å². The lowest BCUT2D eigenvalue weighted by molar-refractivity contribution is 0.637. The lowest BCUT2D eigenvalue weighted by Crippen LogP contribution is -2.28. The number of thiophene rings is 1. The molecule has 1 heterocycles. The Morgan fingerprint density at radius 2 is 2.06 bits per heavy atom. The number of hydrogen-bond acceptors (Lipinski definition) is 4. The van der Waals surface area contributed by atoms with E-state index in [0.29, 0.717) is 0 Å². The van der Waals surface area contributed by atoms with Gasteiger partial charge >= 0.3 is 0 Å². The second-order valence-electron chi connectivity index (χ2n) is 3.36. The third-order valence-electron chi connectivity index (χ3n) is 2.44. The number of nitrogens with one attached hydrogen (secondary N) is 1. The summed E-state index contributed by atoms with van der Waals surface area (Å²) < 4.78 is 0. The van der Waals surface area contributed by atoms with Gasteiger partial charge in [-0.3, -0.25) is 5.84 Å². The van der Waals surface area contributed by atoms with Gasteiger partial charge in [-0.15, -0.1) is 23.1 Å². The van der Waals surface area contributed by atoms with Gasteiger partial charge in [0.2, 0.25) is 0 Å². The molecule has 2 nitrogen and oxygen atoms in total. The zero-order chi connectivity index (χ0) is 11.4. The van der Waals surface area contributed by atoms with Crippen LogP contribution < -0.4 is 11.3 Å². The summed E-state index contributed by atoms with van der Waals surface area (Å²) in [6.45, 7) is 0. The molecule has 1 unspecified atom stereocenters. The fourth-order valence-corrected chi connectivity index (χ4v) is 3.12. The molecule has 2 aromatic rings. The molecule has 16 heavy (non-hydrogen) atoms. The highest BCUT2D eigenvalue weighted by molar-refractivity contribution is 7.98. The van der Waals surface area contributed by atoms with E-state index in [1.165, 1.54) is 15.3 Å². The number of hydrazine groups is 1. The first kappa shape index (κ1) is 11.7. The average Bonchev–Trinajstić information content (AvgIpc) is 2.84. The lowest BCUT2D eigenvalue weighted by Gasteiger charge is -2.17. The van der Waals surface area contributed by atoms with E-state index in [1.807, 2.05) is 12.1 Å². The predicted molar refractivity (Wildman–Crippen MR) is 71.7 cm³/mol. The Bertz CT molecular complexity index is 440. The summed E-state index contributed by atoms with van der Waals surface area (Å²) in [5.74, 6) is 5.67. The summed E-state index contributed by atoms with van der Waals surface area (Å²) >= 11 is 3.46. The van der Waals surface area contributed by atoms with Crippen LogP contribution in [0, 0.1) is 0 Å². The third kappa shape index (κ3) is 2.30. The van der Waals surface area contributed by atoms with Gasteiger partial charge in [0.05, 0.1) is 6.04 Å². The molecule has 0 aliphatic carbocycles. The molecule has 3 N–H and O–H groups in total. The van der Waals surface area contributed by atoms with Crippen molar-refractivity contribution >= 4 is 23.1 Å². The minimum Gasteiger partial charge on any atom is -0.271 e. The monoisotopic (exact) mass is 250 g/mol. The van der Waals surface area contributed by atoms with Gasteiger partial charge < -0.3 is 0 Å². The number of nitrogens with two attached hydrogens (primary N) is 1. The van der Waals surface area contributed by atoms with Crippen LogP contribution in [0.2, 0.25) is 0 Å². The van der Waals surface area contributed by atoms with E-state index in [2.05, 4.69) is 41.3 Å². The van der Waals surface area contributed by atoms with Crippen LogP contribution in [0.3, 0.4) is 0 Å². The van der Waals surface area contributed by atoms with Gasteiger partial charge in [-0.1, -0.05) is 24.3 Å². The molecule has 2 rings (SSSR count). The van der Waals surface area contributed by atoms with Crippen molar-refractivity contribution in [3.05, 3.63) is 52.2 Å². The number of rotatable bonds is 4. The SMILES string of the molecule is CSc1ccccc1C(NN)c1cccs1. The first-order valence-electron chi connectivity index (χ1n) is 4.99. The quantitative estimate of drug-likeness (QED) is 0.497. The van der Waals surface area contributed by atoms with Gasteiger partial charge in [0.1, 0.15) is 0 Å². The number of thioether (sulfide) groups is 1. The van der Waals surface area contributed by atoms with Crippen molar-refractivity contribution in [3.8, 4) is 0 Å². The summed E-state index contributed by atoms with van der Waals surface area (Å²) in [6.07, 6.45) is 2.08. The molecule has 0 spiro atoms. The fraction of sp³-hybridized carbons (Fsp3) is 0.167.